The van der Waals surface area contributed by atoms with Gasteiger partial charge in [-0.05, 0) is 48.5 Å². The third-order valence-electron chi connectivity index (χ3n) is 4.36. The first kappa shape index (κ1) is 18.9. The predicted octanol–water partition coefficient (Wildman–Crippen LogP) is 3.23. The number of nitrogen functional groups attached to an aromatic ring is 2. The number of nitrogens with one attached hydrogen (secondary N) is 2. The normalized spacial score (nSPS) is 11.3. The summed E-state index contributed by atoms with van der Waals surface area (Å²) in [5.41, 5.74) is 15.3. The molecule has 0 aliphatic rings. The molecule has 2 aromatic rings. The first-order valence-electron chi connectivity index (χ1n) is 8.95. The molecule has 0 aromatic heterocycles. The first-order valence-corrected chi connectivity index (χ1v) is 8.95. The SMILES string of the molecule is C[N+](C)(CCCNc1ccc(N)cc1)CCCNc1ccc(N)cc1. The van der Waals surface area contributed by atoms with Gasteiger partial charge in [0.05, 0.1) is 27.2 Å². The minimum Gasteiger partial charge on any atom is -0.399 e. The summed E-state index contributed by atoms with van der Waals surface area (Å²) in [6, 6.07) is 15.8. The smallest absolute Gasteiger partial charge is 0.0799 e. The maximum absolute atomic E-state index is 5.70. The lowest BCUT2D eigenvalue weighted by Gasteiger charge is -2.30. The zero-order valence-electron chi connectivity index (χ0n) is 15.5. The van der Waals surface area contributed by atoms with Crippen LogP contribution in [0.1, 0.15) is 12.8 Å². The van der Waals surface area contributed by atoms with Crippen LogP contribution in [0, 0.1) is 0 Å². The molecular formula is C20H32N5+. The van der Waals surface area contributed by atoms with E-state index in [0.29, 0.717) is 0 Å². The highest BCUT2D eigenvalue weighted by Crippen LogP contribution is 2.12. The van der Waals surface area contributed by atoms with Gasteiger partial charge in [0.15, 0.2) is 0 Å². The molecule has 5 nitrogen and oxygen atoms in total. The minimum absolute atomic E-state index is 0.802. The Bertz CT molecular complexity index is 564. The summed E-state index contributed by atoms with van der Waals surface area (Å²) in [6.07, 6.45) is 2.28. The van der Waals surface area contributed by atoms with Crippen LogP contribution in [-0.2, 0) is 0 Å². The quantitative estimate of drug-likeness (QED) is 0.304. The number of anilines is 4. The van der Waals surface area contributed by atoms with Crippen molar-refractivity contribution in [2.24, 2.45) is 0 Å². The van der Waals surface area contributed by atoms with Crippen molar-refractivity contribution >= 4 is 22.7 Å². The molecular weight excluding hydrogens is 310 g/mol. The van der Waals surface area contributed by atoms with E-state index in [4.69, 9.17) is 11.5 Å². The van der Waals surface area contributed by atoms with Gasteiger partial charge < -0.3 is 26.6 Å². The summed E-state index contributed by atoms with van der Waals surface area (Å²) in [4.78, 5) is 0. The molecule has 0 heterocycles. The van der Waals surface area contributed by atoms with E-state index in [9.17, 15) is 0 Å². The van der Waals surface area contributed by atoms with Crippen molar-refractivity contribution in [1.29, 1.82) is 0 Å². The number of hydrogen-bond acceptors (Lipinski definition) is 4. The number of hydrogen-bond donors (Lipinski definition) is 4. The highest BCUT2D eigenvalue weighted by molar-refractivity contribution is 5.51. The van der Waals surface area contributed by atoms with Gasteiger partial charge >= 0.3 is 0 Å². The van der Waals surface area contributed by atoms with Crippen molar-refractivity contribution < 1.29 is 4.48 Å². The van der Waals surface area contributed by atoms with E-state index >= 15 is 0 Å². The van der Waals surface area contributed by atoms with Crippen LogP contribution in [0.5, 0.6) is 0 Å². The van der Waals surface area contributed by atoms with Gasteiger partial charge in [-0.25, -0.2) is 0 Å². The second-order valence-electron chi connectivity index (χ2n) is 7.19. The van der Waals surface area contributed by atoms with Gasteiger partial charge in [-0.1, -0.05) is 0 Å². The first-order chi connectivity index (χ1) is 11.9. The van der Waals surface area contributed by atoms with Gasteiger partial charge in [-0.15, -0.1) is 0 Å². The van der Waals surface area contributed by atoms with Crippen LogP contribution in [0.25, 0.3) is 0 Å². The summed E-state index contributed by atoms with van der Waals surface area (Å²) >= 11 is 0. The molecule has 25 heavy (non-hydrogen) atoms. The second kappa shape index (κ2) is 9.18. The molecule has 0 amide bonds. The molecule has 0 aliphatic heterocycles. The van der Waals surface area contributed by atoms with Crippen molar-refractivity contribution in [1.82, 2.24) is 0 Å². The third kappa shape index (κ3) is 7.35. The van der Waals surface area contributed by atoms with Gasteiger partial charge in [0.25, 0.3) is 0 Å². The summed E-state index contributed by atoms with van der Waals surface area (Å²) in [7, 11) is 4.60. The van der Waals surface area contributed by atoms with E-state index in [0.717, 1.165) is 66.3 Å². The number of nitrogens with two attached hydrogens (primary N) is 2. The summed E-state index contributed by atoms with van der Waals surface area (Å²) in [6.45, 7) is 4.28. The van der Waals surface area contributed by atoms with Crippen molar-refractivity contribution in [3.63, 3.8) is 0 Å². The standard InChI is InChI=1S/C20H32N5/c1-25(2,15-3-13-23-19-9-5-17(21)6-10-19)16-4-14-24-20-11-7-18(22)8-12-20/h5-12,23-24H,3-4,13-16,21-22H2,1-2H3/q+1. The minimum atomic E-state index is 0.802. The van der Waals surface area contributed by atoms with Gasteiger partial charge in [-0.3, -0.25) is 0 Å². The average molecular weight is 343 g/mol. The molecule has 0 fully saturated rings. The Labute approximate surface area is 151 Å². The molecule has 5 heteroatoms. The van der Waals surface area contributed by atoms with Gasteiger partial charge in [-0.2, -0.15) is 0 Å². The molecule has 0 saturated heterocycles. The molecule has 136 valence electrons. The van der Waals surface area contributed by atoms with Gasteiger partial charge in [0.2, 0.25) is 0 Å². The van der Waals surface area contributed by atoms with Crippen LogP contribution < -0.4 is 22.1 Å². The highest BCUT2D eigenvalue weighted by Gasteiger charge is 2.13. The Kier molecular flexibility index (Phi) is 6.95. The molecule has 0 atom stereocenters. The topological polar surface area (TPSA) is 76.1 Å². The molecule has 0 spiro atoms. The fourth-order valence-electron chi connectivity index (χ4n) is 2.79. The number of benzene rings is 2. The molecule has 6 N–H and O–H groups in total. The monoisotopic (exact) mass is 342 g/mol. The maximum atomic E-state index is 5.70. The van der Waals surface area contributed by atoms with Crippen LogP contribution in [-0.4, -0.2) is 44.8 Å². The lowest BCUT2D eigenvalue weighted by Crippen LogP contribution is -2.42. The summed E-state index contributed by atoms with van der Waals surface area (Å²) in [5.74, 6) is 0. The molecule has 2 aromatic carbocycles. The number of nitrogens with zero attached hydrogens (tertiary/aromatic N) is 1. The van der Waals surface area contributed by atoms with E-state index < -0.39 is 0 Å². The van der Waals surface area contributed by atoms with Crippen LogP contribution >= 0.6 is 0 Å². The Morgan fingerprint density at radius 1 is 0.680 bits per heavy atom. The number of rotatable bonds is 10. The van der Waals surface area contributed by atoms with Gasteiger partial charge in [0.1, 0.15) is 0 Å². The maximum Gasteiger partial charge on any atom is 0.0799 e. The van der Waals surface area contributed by atoms with Crippen LogP contribution in [0.2, 0.25) is 0 Å². The van der Waals surface area contributed by atoms with Crippen LogP contribution in [0.3, 0.4) is 0 Å². The van der Waals surface area contributed by atoms with E-state index in [1.54, 1.807) is 0 Å². The fourth-order valence-corrected chi connectivity index (χ4v) is 2.79. The van der Waals surface area contributed by atoms with Crippen molar-refractivity contribution in [2.75, 3.05) is 62.4 Å². The van der Waals surface area contributed by atoms with E-state index in [1.165, 1.54) is 0 Å². The molecule has 0 aliphatic carbocycles. The van der Waals surface area contributed by atoms with E-state index in [-0.39, 0.29) is 0 Å². The zero-order chi connectivity index (χ0) is 18.1. The Balaban J connectivity index is 1.59. The van der Waals surface area contributed by atoms with Crippen LogP contribution in [0.4, 0.5) is 22.7 Å². The van der Waals surface area contributed by atoms with E-state index in [2.05, 4.69) is 24.7 Å². The van der Waals surface area contributed by atoms with Crippen molar-refractivity contribution in [3.05, 3.63) is 48.5 Å². The Morgan fingerprint density at radius 3 is 1.40 bits per heavy atom. The highest BCUT2D eigenvalue weighted by atomic mass is 15.3. The van der Waals surface area contributed by atoms with Crippen LogP contribution in [0.15, 0.2) is 48.5 Å². The van der Waals surface area contributed by atoms with Crippen molar-refractivity contribution in [2.45, 2.75) is 12.8 Å². The molecule has 0 unspecified atom stereocenters. The predicted molar refractivity (Wildman–Crippen MR) is 110 cm³/mol. The Morgan fingerprint density at radius 2 is 1.04 bits per heavy atom. The summed E-state index contributed by atoms with van der Waals surface area (Å²) in [5, 5.41) is 6.90. The largest absolute Gasteiger partial charge is 0.399 e. The lowest BCUT2D eigenvalue weighted by molar-refractivity contribution is -0.890. The molecule has 0 bridgehead atoms. The molecule has 0 saturated carbocycles. The Hall–Kier alpha value is -2.40. The van der Waals surface area contributed by atoms with Crippen molar-refractivity contribution in [3.8, 4) is 0 Å². The van der Waals surface area contributed by atoms with E-state index in [1.807, 2.05) is 48.5 Å². The third-order valence-corrected chi connectivity index (χ3v) is 4.36. The second-order valence-corrected chi connectivity index (χ2v) is 7.19. The molecule has 2 rings (SSSR count). The lowest BCUT2D eigenvalue weighted by atomic mass is 10.2. The fraction of sp³-hybridized carbons (Fsp3) is 0.400. The summed E-state index contributed by atoms with van der Waals surface area (Å²) < 4.78 is 1.03. The average Bonchev–Trinajstić information content (AvgIpc) is 2.59. The van der Waals surface area contributed by atoms with Gasteiger partial charge in [0, 0.05) is 48.7 Å². The number of quaternary nitrogens is 1. The zero-order valence-corrected chi connectivity index (χ0v) is 15.5. The molecule has 0 radical (unpaired) electrons.